The van der Waals surface area contributed by atoms with Crippen molar-refractivity contribution < 1.29 is 14.3 Å². The lowest BCUT2D eigenvalue weighted by Gasteiger charge is -2.24. The summed E-state index contributed by atoms with van der Waals surface area (Å²) < 4.78 is 7.02. The zero-order valence-electron chi connectivity index (χ0n) is 17.7. The first kappa shape index (κ1) is 21.4. The second-order valence-corrected chi connectivity index (χ2v) is 8.96. The number of carbonyl (C=O) groups excluding carboxylic acids is 2. The first-order valence-corrected chi connectivity index (χ1v) is 11.5. The Morgan fingerprint density at radius 2 is 1.91 bits per heavy atom. The molecule has 3 aromatic rings. The van der Waals surface area contributed by atoms with Gasteiger partial charge in [0.05, 0.1) is 29.5 Å². The van der Waals surface area contributed by atoms with Crippen LogP contribution in [0.5, 0.6) is 0 Å². The highest BCUT2D eigenvalue weighted by atomic mass is 35.5. The molecule has 5 rings (SSSR count). The Bertz CT molecular complexity index is 1530. The Morgan fingerprint density at radius 3 is 2.64 bits per heavy atom. The fourth-order valence-electron chi connectivity index (χ4n) is 4.15. The fourth-order valence-corrected chi connectivity index (χ4v) is 5.41. The molecular weight excluding hydrogens is 462 g/mol. The van der Waals surface area contributed by atoms with E-state index in [1.165, 1.54) is 4.57 Å². The number of aromatic nitrogens is 1. The number of nitrogens with one attached hydrogen (secondary N) is 1. The minimum atomic E-state index is -0.758. The van der Waals surface area contributed by atoms with E-state index in [4.69, 9.17) is 16.3 Å². The molecule has 33 heavy (non-hydrogen) atoms. The van der Waals surface area contributed by atoms with Crippen molar-refractivity contribution in [1.82, 2.24) is 4.57 Å². The summed E-state index contributed by atoms with van der Waals surface area (Å²) in [5.74, 6) is -0.883. The molecule has 1 atom stereocenters. The molecule has 9 heteroatoms. The van der Waals surface area contributed by atoms with Crippen molar-refractivity contribution in [2.45, 2.75) is 19.9 Å². The lowest BCUT2D eigenvalue weighted by Crippen LogP contribution is -2.40. The van der Waals surface area contributed by atoms with Crippen LogP contribution in [0.25, 0.3) is 5.57 Å². The van der Waals surface area contributed by atoms with E-state index < -0.39 is 17.6 Å². The molecule has 166 valence electrons. The van der Waals surface area contributed by atoms with Gasteiger partial charge in [-0.1, -0.05) is 53.3 Å². The number of allylic oxidation sites excluding steroid dienone is 1. The third kappa shape index (κ3) is 3.42. The number of hydrogen-bond acceptors (Lipinski definition) is 6. The molecule has 1 unspecified atom stereocenters. The van der Waals surface area contributed by atoms with Gasteiger partial charge in [-0.15, -0.1) is 0 Å². The molecule has 2 aliphatic rings. The number of carbonyl (C=O) groups is 2. The molecule has 1 N–H and O–H groups in total. The maximum absolute atomic E-state index is 13.8. The van der Waals surface area contributed by atoms with Gasteiger partial charge in [0, 0.05) is 16.3 Å². The van der Waals surface area contributed by atoms with Crippen molar-refractivity contribution in [2.75, 3.05) is 11.9 Å². The van der Waals surface area contributed by atoms with Crippen LogP contribution in [0.3, 0.4) is 0 Å². The van der Waals surface area contributed by atoms with Crippen LogP contribution in [0.1, 0.15) is 31.0 Å². The molecule has 2 aliphatic heterocycles. The average Bonchev–Trinajstić information content (AvgIpc) is 3.28. The van der Waals surface area contributed by atoms with E-state index in [2.05, 4.69) is 10.3 Å². The van der Waals surface area contributed by atoms with Gasteiger partial charge in [0.15, 0.2) is 4.80 Å². The van der Waals surface area contributed by atoms with Gasteiger partial charge >= 0.3 is 5.97 Å². The number of esters is 1. The summed E-state index contributed by atoms with van der Waals surface area (Å²) >= 11 is 7.21. The third-order valence-corrected chi connectivity index (χ3v) is 6.88. The van der Waals surface area contributed by atoms with Gasteiger partial charge in [-0.3, -0.25) is 14.2 Å². The van der Waals surface area contributed by atoms with E-state index in [-0.39, 0.29) is 22.6 Å². The number of halogens is 1. The van der Waals surface area contributed by atoms with Crippen molar-refractivity contribution in [2.24, 2.45) is 4.99 Å². The van der Waals surface area contributed by atoms with Crippen molar-refractivity contribution >= 4 is 46.1 Å². The number of nitrogens with zero attached hydrogens (tertiary/aromatic N) is 2. The zero-order valence-corrected chi connectivity index (χ0v) is 19.3. The van der Waals surface area contributed by atoms with Crippen LogP contribution in [-0.4, -0.2) is 23.1 Å². The number of benzene rings is 2. The molecule has 0 saturated heterocycles. The summed E-state index contributed by atoms with van der Waals surface area (Å²) in [6, 6.07) is 13.4. The smallest absolute Gasteiger partial charge is 0.338 e. The van der Waals surface area contributed by atoms with Crippen molar-refractivity contribution in [3.8, 4) is 0 Å². The Balaban J connectivity index is 1.82. The lowest BCUT2D eigenvalue weighted by atomic mass is 9.96. The molecule has 0 bridgehead atoms. The highest BCUT2D eigenvalue weighted by molar-refractivity contribution is 7.07. The fraction of sp³-hybridized carbons (Fsp3) is 0.167. The predicted octanol–water partition coefficient (Wildman–Crippen LogP) is 2.77. The number of anilines is 1. The van der Waals surface area contributed by atoms with Crippen LogP contribution in [-0.2, 0) is 14.3 Å². The SMILES string of the molecule is CCOC(=O)C1=C(C)N=c2sc(=C3C(=O)Nc4ccccc43)c(=O)n2C1c1ccc(Cl)cc1. The van der Waals surface area contributed by atoms with Crippen LogP contribution in [0.2, 0.25) is 5.02 Å². The van der Waals surface area contributed by atoms with Gasteiger partial charge in [0.2, 0.25) is 0 Å². The normalized spacial score (nSPS) is 18.4. The first-order chi connectivity index (χ1) is 15.9. The molecule has 1 aromatic heterocycles. The summed E-state index contributed by atoms with van der Waals surface area (Å²) in [5.41, 5.74) is 2.66. The van der Waals surface area contributed by atoms with Crippen LogP contribution in [0, 0.1) is 0 Å². The van der Waals surface area contributed by atoms with E-state index in [9.17, 15) is 14.4 Å². The topological polar surface area (TPSA) is 89.8 Å². The standard InChI is InChI=1S/C24H18ClN3O4S/c1-3-32-23(31)17-12(2)26-24-28(19(17)13-8-10-14(25)11-9-13)22(30)20(33-24)18-15-6-4-5-7-16(15)27-21(18)29/h4-11,19H,3H2,1-2H3,(H,27,29). The largest absolute Gasteiger partial charge is 0.463 e. The molecule has 7 nitrogen and oxygen atoms in total. The number of amides is 1. The molecule has 1 amide bonds. The van der Waals surface area contributed by atoms with E-state index in [0.29, 0.717) is 37.9 Å². The highest BCUT2D eigenvalue weighted by Crippen LogP contribution is 2.32. The molecule has 0 aliphatic carbocycles. The van der Waals surface area contributed by atoms with Crippen LogP contribution >= 0.6 is 22.9 Å². The van der Waals surface area contributed by atoms with Crippen LogP contribution in [0.4, 0.5) is 5.69 Å². The summed E-state index contributed by atoms with van der Waals surface area (Å²) in [4.78, 5) is 44.4. The third-order valence-electron chi connectivity index (χ3n) is 5.58. The molecular formula is C24H18ClN3O4S. The maximum atomic E-state index is 13.8. The number of para-hydroxylation sites is 1. The minimum absolute atomic E-state index is 0.189. The van der Waals surface area contributed by atoms with Gasteiger partial charge in [-0.2, -0.15) is 0 Å². The predicted molar refractivity (Wildman–Crippen MR) is 126 cm³/mol. The molecule has 2 aromatic carbocycles. The summed E-state index contributed by atoms with van der Waals surface area (Å²) in [7, 11) is 0. The molecule has 0 fully saturated rings. The molecule has 0 radical (unpaired) electrons. The summed E-state index contributed by atoms with van der Waals surface area (Å²) in [5, 5.41) is 3.34. The average molecular weight is 480 g/mol. The van der Waals surface area contributed by atoms with E-state index >= 15 is 0 Å². The quantitative estimate of drug-likeness (QED) is 0.585. The van der Waals surface area contributed by atoms with E-state index in [1.54, 1.807) is 50.2 Å². The van der Waals surface area contributed by atoms with Crippen molar-refractivity contribution in [3.63, 3.8) is 0 Å². The van der Waals surface area contributed by atoms with Crippen LogP contribution in [0.15, 0.2) is 69.6 Å². The number of hydrogen-bond donors (Lipinski definition) is 1. The number of fused-ring (bicyclic) bond motifs is 2. The number of rotatable bonds is 3. The Kier molecular flexibility index (Phi) is 5.26. The summed E-state index contributed by atoms with van der Waals surface area (Å²) in [6.07, 6.45) is 0. The Morgan fingerprint density at radius 1 is 1.18 bits per heavy atom. The second kappa shape index (κ2) is 8.13. The van der Waals surface area contributed by atoms with Gasteiger partial charge in [0.25, 0.3) is 11.5 Å². The lowest BCUT2D eigenvalue weighted by molar-refractivity contribution is -0.139. The molecule has 0 saturated carbocycles. The van der Waals surface area contributed by atoms with E-state index in [1.807, 2.05) is 12.1 Å². The first-order valence-electron chi connectivity index (χ1n) is 10.3. The highest BCUT2D eigenvalue weighted by Gasteiger charge is 2.35. The monoisotopic (exact) mass is 479 g/mol. The Labute approximate surface area is 197 Å². The Hall–Kier alpha value is -3.49. The van der Waals surface area contributed by atoms with Gasteiger partial charge in [-0.25, -0.2) is 9.79 Å². The van der Waals surface area contributed by atoms with Gasteiger partial charge in [0.1, 0.15) is 4.53 Å². The number of ether oxygens (including phenoxy) is 1. The molecule has 0 spiro atoms. The van der Waals surface area contributed by atoms with Gasteiger partial charge in [-0.05, 0) is 37.6 Å². The number of thiazole rings is 1. The van der Waals surface area contributed by atoms with Crippen LogP contribution < -0.4 is 20.2 Å². The summed E-state index contributed by atoms with van der Waals surface area (Å²) in [6.45, 7) is 3.62. The second-order valence-electron chi connectivity index (χ2n) is 7.55. The minimum Gasteiger partial charge on any atom is -0.463 e. The van der Waals surface area contributed by atoms with Gasteiger partial charge < -0.3 is 10.1 Å². The molecule has 3 heterocycles. The van der Waals surface area contributed by atoms with E-state index in [0.717, 1.165) is 11.3 Å². The van der Waals surface area contributed by atoms with Crippen molar-refractivity contribution in [3.05, 3.63) is 95.6 Å². The zero-order chi connectivity index (χ0) is 23.3. The van der Waals surface area contributed by atoms with Crippen molar-refractivity contribution in [1.29, 1.82) is 0 Å². The maximum Gasteiger partial charge on any atom is 0.338 e.